The maximum absolute atomic E-state index is 12.8. The maximum atomic E-state index is 12.8. The van der Waals surface area contributed by atoms with E-state index in [0.29, 0.717) is 5.75 Å². The average molecular weight is 184 g/mol. The Hall–Kier alpha value is -1.25. The summed E-state index contributed by atoms with van der Waals surface area (Å²) in [5.74, 6) is -0.288. The second-order valence-corrected chi connectivity index (χ2v) is 3.86. The summed E-state index contributed by atoms with van der Waals surface area (Å²) in [6, 6.07) is 3.66. The van der Waals surface area contributed by atoms with Gasteiger partial charge >= 0.3 is 0 Å². The summed E-state index contributed by atoms with van der Waals surface area (Å²) >= 11 is 0. The molecule has 1 N–H and O–H groups in total. The zero-order valence-electron chi connectivity index (χ0n) is 7.97. The standard InChI is InChI=1S/C10H13FO2/c1-10(2,3)13-9-5-7(11)4-8(12)6-9/h4-6,12H,1-3H3. The van der Waals surface area contributed by atoms with Crippen LogP contribution in [0.25, 0.3) is 0 Å². The lowest BCUT2D eigenvalue weighted by Gasteiger charge is -2.21. The lowest BCUT2D eigenvalue weighted by molar-refractivity contribution is 0.130. The number of hydrogen-bond acceptors (Lipinski definition) is 2. The molecule has 0 fully saturated rings. The first kappa shape index (κ1) is 9.84. The van der Waals surface area contributed by atoms with Crippen LogP contribution in [0, 0.1) is 5.82 Å². The predicted octanol–water partition coefficient (Wildman–Crippen LogP) is 2.71. The molecule has 2 nitrogen and oxygen atoms in total. The molecule has 13 heavy (non-hydrogen) atoms. The Bertz CT molecular complexity index is 282. The first-order valence-electron chi connectivity index (χ1n) is 4.05. The molecule has 0 saturated carbocycles. The van der Waals surface area contributed by atoms with Gasteiger partial charge in [-0.1, -0.05) is 0 Å². The van der Waals surface area contributed by atoms with E-state index in [1.165, 1.54) is 12.1 Å². The van der Waals surface area contributed by atoms with E-state index in [9.17, 15) is 4.39 Å². The first-order chi connectivity index (χ1) is 5.87. The van der Waals surface area contributed by atoms with Crippen LogP contribution in [0.1, 0.15) is 20.8 Å². The van der Waals surface area contributed by atoms with Gasteiger partial charge in [0.15, 0.2) is 0 Å². The first-order valence-corrected chi connectivity index (χ1v) is 4.05. The van der Waals surface area contributed by atoms with Gasteiger partial charge in [0.25, 0.3) is 0 Å². The lowest BCUT2D eigenvalue weighted by Crippen LogP contribution is -2.22. The van der Waals surface area contributed by atoms with Gasteiger partial charge < -0.3 is 9.84 Å². The van der Waals surface area contributed by atoms with Crippen LogP contribution in [0.4, 0.5) is 4.39 Å². The molecule has 0 atom stereocenters. The van der Waals surface area contributed by atoms with Gasteiger partial charge in [-0.05, 0) is 20.8 Å². The molecular weight excluding hydrogens is 171 g/mol. The van der Waals surface area contributed by atoms with Gasteiger partial charge in [0.2, 0.25) is 0 Å². The van der Waals surface area contributed by atoms with Crippen LogP contribution in [0.3, 0.4) is 0 Å². The lowest BCUT2D eigenvalue weighted by atomic mass is 10.2. The van der Waals surface area contributed by atoms with Gasteiger partial charge in [-0.25, -0.2) is 4.39 Å². The highest BCUT2D eigenvalue weighted by Gasteiger charge is 2.12. The van der Waals surface area contributed by atoms with Crippen molar-refractivity contribution in [2.45, 2.75) is 26.4 Å². The average Bonchev–Trinajstić information content (AvgIpc) is 1.78. The number of phenolic OH excluding ortho intramolecular Hbond substituents is 1. The second kappa shape index (κ2) is 3.24. The van der Waals surface area contributed by atoms with Crippen LogP contribution in [0.5, 0.6) is 11.5 Å². The molecule has 0 spiro atoms. The SMILES string of the molecule is CC(C)(C)Oc1cc(O)cc(F)c1. The van der Waals surface area contributed by atoms with E-state index in [0.717, 1.165) is 6.07 Å². The molecule has 0 unspecified atom stereocenters. The zero-order chi connectivity index (χ0) is 10.1. The number of hydrogen-bond donors (Lipinski definition) is 1. The van der Waals surface area contributed by atoms with Crippen LogP contribution in [0.15, 0.2) is 18.2 Å². The summed E-state index contributed by atoms with van der Waals surface area (Å²) in [6.45, 7) is 5.57. The third-order valence-corrected chi connectivity index (χ3v) is 1.28. The molecule has 0 bridgehead atoms. The quantitative estimate of drug-likeness (QED) is 0.727. The molecule has 0 heterocycles. The summed E-state index contributed by atoms with van der Waals surface area (Å²) in [5.41, 5.74) is -0.389. The number of ether oxygens (including phenoxy) is 1. The highest BCUT2D eigenvalue weighted by molar-refractivity contribution is 5.33. The molecular formula is C10H13FO2. The molecule has 0 aliphatic rings. The Morgan fingerprint density at radius 2 is 1.85 bits per heavy atom. The summed E-state index contributed by atoms with van der Waals surface area (Å²) < 4.78 is 18.1. The molecule has 1 rings (SSSR count). The largest absolute Gasteiger partial charge is 0.508 e. The van der Waals surface area contributed by atoms with E-state index in [1.54, 1.807) is 0 Å². The normalized spacial score (nSPS) is 11.4. The minimum Gasteiger partial charge on any atom is -0.508 e. The van der Waals surface area contributed by atoms with Crippen LogP contribution >= 0.6 is 0 Å². The van der Waals surface area contributed by atoms with E-state index >= 15 is 0 Å². The van der Waals surface area contributed by atoms with E-state index in [4.69, 9.17) is 9.84 Å². The maximum Gasteiger partial charge on any atom is 0.130 e. The van der Waals surface area contributed by atoms with Crippen LogP contribution in [-0.4, -0.2) is 10.7 Å². The Morgan fingerprint density at radius 1 is 1.23 bits per heavy atom. The Labute approximate surface area is 77.0 Å². The van der Waals surface area contributed by atoms with Gasteiger partial charge in [-0.15, -0.1) is 0 Å². The molecule has 0 aromatic heterocycles. The predicted molar refractivity (Wildman–Crippen MR) is 48.4 cm³/mol. The van der Waals surface area contributed by atoms with Crippen molar-refractivity contribution in [1.82, 2.24) is 0 Å². The number of benzene rings is 1. The summed E-state index contributed by atoms with van der Waals surface area (Å²) in [6.07, 6.45) is 0. The number of rotatable bonds is 1. The molecule has 0 amide bonds. The molecule has 1 aromatic rings. The van der Waals surface area contributed by atoms with Crippen LogP contribution < -0.4 is 4.74 Å². The van der Waals surface area contributed by atoms with E-state index in [-0.39, 0.29) is 11.4 Å². The molecule has 0 saturated heterocycles. The fourth-order valence-electron chi connectivity index (χ4n) is 0.960. The van der Waals surface area contributed by atoms with Crippen molar-refractivity contribution < 1.29 is 14.2 Å². The second-order valence-electron chi connectivity index (χ2n) is 3.86. The third-order valence-electron chi connectivity index (χ3n) is 1.28. The van der Waals surface area contributed by atoms with Gasteiger partial charge in [0.05, 0.1) is 0 Å². The van der Waals surface area contributed by atoms with E-state index in [1.807, 2.05) is 20.8 Å². The Morgan fingerprint density at radius 3 is 2.31 bits per heavy atom. The highest BCUT2D eigenvalue weighted by Crippen LogP contribution is 2.24. The minimum atomic E-state index is -0.501. The van der Waals surface area contributed by atoms with Gasteiger partial charge in [0.1, 0.15) is 22.9 Å². The molecule has 72 valence electrons. The van der Waals surface area contributed by atoms with Crippen molar-refractivity contribution in [1.29, 1.82) is 0 Å². The van der Waals surface area contributed by atoms with Gasteiger partial charge in [0, 0.05) is 18.2 Å². The Kier molecular flexibility index (Phi) is 2.45. The zero-order valence-corrected chi connectivity index (χ0v) is 7.97. The number of aromatic hydroxyl groups is 1. The van der Waals surface area contributed by atoms with Crippen LogP contribution in [0.2, 0.25) is 0 Å². The van der Waals surface area contributed by atoms with Crippen molar-refractivity contribution in [2.75, 3.05) is 0 Å². The molecule has 0 radical (unpaired) electrons. The number of phenols is 1. The fraction of sp³-hybridized carbons (Fsp3) is 0.400. The van der Waals surface area contributed by atoms with Crippen molar-refractivity contribution in [3.05, 3.63) is 24.0 Å². The van der Waals surface area contributed by atoms with Crippen molar-refractivity contribution in [3.8, 4) is 11.5 Å². The molecule has 0 aliphatic carbocycles. The topological polar surface area (TPSA) is 29.5 Å². The van der Waals surface area contributed by atoms with Crippen molar-refractivity contribution >= 4 is 0 Å². The molecule has 1 aromatic carbocycles. The summed E-state index contributed by atoms with van der Waals surface area (Å²) in [5, 5.41) is 9.07. The smallest absolute Gasteiger partial charge is 0.130 e. The minimum absolute atomic E-state index is 0.126. The summed E-state index contributed by atoms with van der Waals surface area (Å²) in [4.78, 5) is 0. The van der Waals surface area contributed by atoms with Gasteiger partial charge in [-0.2, -0.15) is 0 Å². The van der Waals surface area contributed by atoms with E-state index in [2.05, 4.69) is 0 Å². The van der Waals surface area contributed by atoms with Crippen molar-refractivity contribution in [2.24, 2.45) is 0 Å². The van der Waals surface area contributed by atoms with E-state index < -0.39 is 5.82 Å². The van der Waals surface area contributed by atoms with Crippen LogP contribution in [-0.2, 0) is 0 Å². The monoisotopic (exact) mass is 184 g/mol. The van der Waals surface area contributed by atoms with Gasteiger partial charge in [-0.3, -0.25) is 0 Å². The molecule has 0 aliphatic heterocycles. The number of halogens is 1. The summed E-state index contributed by atoms with van der Waals surface area (Å²) in [7, 11) is 0. The third kappa shape index (κ3) is 3.32. The highest BCUT2D eigenvalue weighted by atomic mass is 19.1. The Balaban J connectivity index is 2.90. The van der Waals surface area contributed by atoms with Crippen molar-refractivity contribution in [3.63, 3.8) is 0 Å². The fourth-order valence-corrected chi connectivity index (χ4v) is 0.960. The molecule has 3 heteroatoms.